The lowest BCUT2D eigenvalue weighted by Crippen LogP contribution is -2.66. The van der Waals surface area contributed by atoms with Gasteiger partial charge in [0.25, 0.3) is 8.32 Å². The molecule has 0 radical (unpaired) electrons. The van der Waals surface area contributed by atoms with Gasteiger partial charge in [-0.3, -0.25) is 4.90 Å². The summed E-state index contributed by atoms with van der Waals surface area (Å²) < 4.78 is 11.9. The van der Waals surface area contributed by atoms with Crippen LogP contribution in [0.15, 0.2) is 78.7 Å². The zero-order valence-electron chi connectivity index (χ0n) is 19.9. The Morgan fingerprint density at radius 2 is 1.56 bits per heavy atom. The van der Waals surface area contributed by atoms with Gasteiger partial charge in [-0.05, 0) is 33.3 Å². The van der Waals surface area contributed by atoms with E-state index in [0.29, 0.717) is 19.8 Å². The van der Waals surface area contributed by atoms with Gasteiger partial charge in [0.1, 0.15) is 6.61 Å². The summed E-state index contributed by atoms with van der Waals surface area (Å²) in [5, 5.41) is 2.55. The van der Waals surface area contributed by atoms with Crippen LogP contribution >= 0.6 is 0 Å². The highest BCUT2D eigenvalue weighted by molar-refractivity contribution is 6.99. The number of allylic oxidation sites excluding steroid dienone is 1. The van der Waals surface area contributed by atoms with Crippen molar-refractivity contribution in [3.05, 3.63) is 78.7 Å². The van der Waals surface area contributed by atoms with Crippen LogP contribution in [0.4, 0.5) is 4.79 Å². The lowest BCUT2D eigenvalue weighted by Gasteiger charge is -2.43. The van der Waals surface area contributed by atoms with Gasteiger partial charge in [-0.15, -0.1) is 5.73 Å². The number of benzene rings is 2. The minimum Gasteiger partial charge on any atom is -0.447 e. The summed E-state index contributed by atoms with van der Waals surface area (Å²) >= 11 is 0. The minimum atomic E-state index is -2.52. The maximum Gasteiger partial charge on any atom is 0.414 e. The first kappa shape index (κ1) is 24.1. The SMILES string of the molecule is CC(C)(C=C=CN1CCOC1=O)CCO[Si](c1ccccc1)(c1ccccc1)C(C)(C)C. The molecular formula is C27H35NO3Si. The third-order valence-electron chi connectivity index (χ3n) is 5.98. The van der Waals surface area contributed by atoms with Gasteiger partial charge in [0.05, 0.1) is 12.7 Å². The molecule has 2 aromatic carbocycles. The molecule has 1 heterocycles. The van der Waals surface area contributed by atoms with E-state index in [0.717, 1.165) is 6.42 Å². The van der Waals surface area contributed by atoms with Crippen LogP contribution in [0.5, 0.6) is 0 Å². The normalized spacial score (nSPS) is 14.7. The highest BCUT2D eigenvalue weighted by atomic mass is 28.4. The van der Waals surface area contributed by atoms with Crippen LogP contribution in [0.2, 0.25) is 5.04 Å². The summed E-state index contributed by atoms with van der Waals surface area (Å²) in [4.78, 5) is 13.1. The molecule has 1 fully saturated rings. The number of cyclic esters (lactones) is 1. The van der Waals surface area contributed by atoms with E-state index >= 15 is 0 Å². The van der Waals surface area contributed by atoms with Crippen molar-refractivity contribution in [3.63, 3.8) is 0 Å². The fourth-order valence-corrected chi connectivity index (χ4v) is 8.74. The van der Waals surface area contributed by atoms with Crippen LogP contribution in [0, 0.1) is 5.41 Å². The van der Waals surface area contributed by atoms with Crippen molar-refractivity contribution in [1.82, 2.24) is 4.90 Å². The topological polar surface area (TPSA) is 38.8 Å². The van der Waals surface area contributed by atoms with Crippen molar-refractivity contribution in [2.75, 3.05) is 19.8 Å². The summed E-state index contributed by atoms with van der Waals surface area (Å²) in [6, 6.07) is 21.4. The molecule has 1 aliphatic rings. The van der Waals surface area contributed by atoms with Gasteiger partial charge in [0, 0.05) is 6.61 Å². The van der Waals surface area contributed by atoms with Gasteiger partial charge < -0.3 is 9.16 Å². The predicted octanol–water partition coefficient (Wildman–Crippen LogP) is 5.10. The second-order valence-electron chi connectivity index (χ2n) is 10.00. The minimum absolute atomic E-state index is 0.0360. The first-order valence-electron chi connectivity index (χ1n) is 11.3. The van der Waals surface area contributed by atoms with Crippen molar-refractivity contribution < 1.29 is 14.0 Å². The number of nitrogens with zero attached hydrogens (tertiary/aromatic N) is 1. The maximum absolute atomic E-state index is 11.6. The Morgan fingerprint density at radius 1 is 1.00 bits per heavy atom. The molecule has 0 aliphatic carbocycles. The number of carbonyl (C=O) groups excluding carboxylic acids is 1. The van der Waals surface area contributed by atoms with E-state index in [-0.39, 0.29) is 16.5 Å². The lowest BCUT2D eigenvalue weighted by atomic mass is 9.90. The average Bonchev–Trinajstić information content (AvgIpc) is 3.16. The molecule has 0 bridgehead atoms. The number of ether oxygens (including phenoxy) is 1. The molecule has 2 aromatic rings. The number of rotatable bonds is 8. The summed E-state index contributed by atoms with van der Waals surface area (Å²) in [5.41, 5.74) is 3.05. The van der Waals surface area contributed by atoms with Crippen molar-refractivity contribution >= 4 is 24.8 Å². The molecule has 0 N–H and O–H groups in total. The molecule has 0 spiro atoms. The molecule has 0 saturated carbocycles. The molecule has 170 valence electrons. The third-order valence-corrected chi connectivity index (χ3v) is 11.0. The Labute approximate surface area is 193 Å². The number of carbonyl (C=O) groups is 1. The summed E-state index contributed by atoms with van der Waals surface area (Å²) in [5.74, 6) is 0. The molecule has 1 aliphatic heterocycles. The van der Waals surface area contributed by atoms with Gasteiger partial charge in [0.15, 0.2) is 0 Å². The van der Waals surface area contributed by atoms with E-state index in [1.54, 1.807) is 11.1 Å². The largest absolute Gasteiger partial charge is 0.447 e. The monoisotopic (exact) mass is 449 g/mol. The summed E-state index contributed by atoms with van der Waals surface area (Å²) in [6.07, 6.45) is 4.25. The smallest absolute Gasteiger partial charge is 0.414 e. The number of amides is 1. The standard InChI is InChI=1S/C27H35NO3Si/c1-26(2,3)32(23-13-8-6-9-14-23,24-15-10-7-11-16-24)31-21-18-27(4,5)17-12-19-28-20-22-30-25(28)29/h6-11,13-17,19H,18,20-22H2,1-5H3. The van der Waals surface area contributed by atoms with Crippen LogP contribution < -0.4 is 10.4 Å². The van der Waals surface area contributed by atoms with Gasteiger partial charge >= 0.3 is 6.09 Å². The van der Waals surface area contributed by atoms with Gasteiger partial charge in [-0.25, -0.2) is 4.79 Å². The van der Waals surface area contributed by atoms with Gasteiger partial charge in [-0.2, -0.15) is 0 Å². The Bertz CT molecular complexity index is 918. The highest BCUT2D eigenvalue weighted by Crippen LogP contribution is 2.37. The van der Waals surface area contributed by atoms with E-state index < -0.39 is 8.32 Å². The van der Waals surface area contributed by atoms with Gasteiger partial charge in [-0.1, -0.05) is 95.3 Å². The van der Waals surface area contributed by atoms with Crippen LogP contribution in [0.3, 0.4) is 0 Å². The Hall–Kier alpha value is -2.59. The molecule has 5 heteroatoms. The van der Waals surface area contributed by atoms with E-state index in [1.807, 2.05) is 6.08 Å². The van der Waals surface area contributed by atoms with Crippen LogP contribution in [0.25, 0.3) is 0 Å². The Kier molecular flexibility index (Phi) is 7.45. The fourth-order valence-electron chi connectivity index (χ4n) is 4.18. The quantitative estimate of drug-likeness (QED) is 0.416. The predicted molar refractivity (Wildman–Crippen MR) is 133 cm³/mol. The highest BCUT2D eigenvalue weighted by Gasteiger charge is 2.50. The Balaban J connectivity index is 1.83. The van der Waals surface area contributed by atoms with Crippen molar-refractivity contribution in [2.45, 2.75) is 46.1 Å². The first-order valence-corrected chi connectivity index (χ1v) is 13.2. The molecular weight excluding hydrogens is 414 g/mol. The average molecular weight is 450 g/mol. The van der Waals surface area contributed by atoms with Crippen molar-refractivity contribution in [3.8, 4) is 0 Å². The molecule has 0 atom stereocenters. The molecule has 3 rings (SSSR count). The maximum atomic E-state index is 11.6. The molecule has 0 unspecified atom stereocenters. The summed E-state index contributed by atoms with van der Waals surface area (Å²) in [6.45, 7) is 12.9. The second-order valence-corrected chi connectivity index (χ2v) is 14.3. The molecule has 1 saturated heterocycles. The first-order chi connectivity index (χ1) is 15.2. The van der Waals surface area contributed by atoms with Crippen LogP contribution in [-0.2, 0) is 9.16 Å². The zero-order valence-corrected chi connectivity index (χ0v) is 20.9. The van der Waals surface area contributed by atoms with E-state index in [4.69, 9.17) is 9.16 Å². The Morgan fingerprint density at radius 3 is 2.03 bits per heavy atom. The molecule has 32 heavy (non-hydrogen) atoms. The molecule has 4 nitrogen and oxygen atoms in total. The van der Waals surface area contributed by atoms with Crippen molar-refractivity contribution in [2.24, 2.45) is 5.41 Å². The lowest BCUT2D eigenvalue weighted by molar-refractivity contribution is 0.166. The fraction of sp³-hybridized carbons (Fsp3) is 0.407. The van der Waals surface area contributed by atoms with Gasteiger partial charge in [0.2, 0.25) is 0 Å². The third kappa shape index (κ3) is 5.42. The van der Waals surface area contributed by atoms with Crippen LogP contribution in [0.1, 0.15) is 41.0 Å². The second kappa shape index (κ2) is 9.91. The zero-order chi connectivity index (χ0) is 23.2. The molecule has 0 aromatic heterocycles. The van der Waals surface area contributed by atoms with Crippen LogP contribution in [-0.4, -0.2) is 39.1 Å². The van der Waals surface area contributed by atoms with Crippen molar-refractivity contribution in [1.29, 1.82) is 0 Å². The molecule has 1 amide bonds. The summed E-state index contributed by atoms with van der Waals surface area (Å²) in [7, 11) is -2.52. The number of hydrogen-bond donors (Lipinski definition) is 0. The van der Waals surface area contributed by atoms with E-state index in [9.17, 15) is 4.79 Å². The van der Waals surface area contributed by atoms with E-state index in [1.165, 1.54) is 10.4 Å². The van der Waals surface area contributed by atoms with E-state index in [2.05, 4.69) is 101 Å². The number of hydrogen-bond acceptors (Lipinski definition) is 3.